The fourth-order valence-electron chi connectivity index (χ4n) is 3.03. The molecule has 0 radical (unpaired) electrons. The number of carbonyl (C=O) groups excluding carboxylic acids is 1. The van der Waals surface area contributed by atoms with Gasteiger partial charge in [-0.05, 0) is 56.3 Å². The minimum atomic E-state index is -0.180. The van der Waals surface area contributed by atoms with Gasteiger partial charge in [-0.3, -0.25) is 14.3 Å². The predicted octanol–water partition coefficient (Wildman–Crippen LogP) is 3.46. The molecule has 4 rings (SSSR count). The molecule has 2 saturated carbocycles. The third-order valence-electron chi connectivity index (χ3n) is 4.54. The zero-order chi connectivity index (χ0) is 17.4. The average Bonchev–Trinajstić information content (AvgIpc) is 3.51. The van der Waals surface area contributed by atoms with E-state index in [-0.39, 0.29) is 5.97 Å². The van der Waals surface area contributed by atoms with Crippen LogP contribution in [0.5, 0.6) is 0 Å². The Morgan fingerprint density at radius 1 is 1.44 bits per heavy atom. The Bertz CT molecular complexity index is 803. The Kier molecular flexibility index (Phi) is 4.75. The van der Waals surface area contributed by atoms with E-state index in [0.717, 1.165) is 41.2 Å². The Morgan fingerprint density at radius 2 is 2.24 bits per heavy atom. The van der Waals surface area contributed by atoms with Gasteiger partial charge in [0.1, 0.15) is 0 Å². The highest BCUT2D eigenvalue weighted by molar-refractivity contribution is 7.71. The maximum absolute atomic E-state index is 11.9. The van der Waals surface area contributed by atoms with Crippen molar-refractivity contribution in [3.05, 3.63) is 22.3 Å². The second kappa shape index (κ2) is 7.01. The minimum Gasteiger partial charge on any atom is -0.465 e. The molecule has 2 heterocycles. The van der Waals surface area contributed by atoms with Crippen molar-refractivity contribution in [2.75, 3.05) is 13.2 Å². The summed E-state index contributed by atoms with van der Waals surface area (Å²) in [5.74, 6) is 0.774. The van der Waals surface area contributed by atoms with E-state index in [9.17, 15) is 4.79 Å². The molecule has 2 aliphatic rings. The highest BCUT2D eigenvalue weighted by atomic mass is 32.1. The molecule has 0 bridgehead atoms. The molecular weight excluding hydrogens is 356 g/mol. The molecule has 0 aliphatic heterocycles. The molecule has 0 N–H and O–H groups in total. The van der Waals surface area contributed by atoms with E-state index in [1.807, 2.05) is 17.7 Å². The van der Waals surface area contributed by atoms with E-state index >= 15 is 0 Å². The van der Waals surface area contributed by atoms with Crippen LogP contribution in [0.2, 0.25) is 0 Å². The summed E-state index contributed by atoms with van der Waals surface area (Å²) in [4.78, 5) is 15.2. The molecule has 6 nitrogen and oxygen atoms in total. The normalized spacial score (nSPS) is 17.2. The summed E-state index contributed by atoms with van der Waals surface area (Å²) in [6, 6.07) is 5.03. The Labute approximate surface area is 156 Å². The largest absolute Gasteiger partial charge is 0.465 e. The number of ether oxygens (including phenoxy) is 1. The maximum atomic E-state index is 11.9. The van der Waals surface area contributed by atoms with Gasteiger partial charge in [-0.2, -0.15) is 0 Å². The van der Waals surface area contributed by atoms with Crippen molar-refractivity contribution >= 4 is 29.5 Å². The van der Waals surface area contributed by atoms with Crippen LogP contribution in [0, 0.1) is 4.77 Å². The van der Waals surface area contributed by atoms with E-state index in [1.54, 1.807) is 11.3 Å². The topological polar surface area (TPSA) is 52.3 Å². The van der Waals surface area contributed by atoms with Crippen LogP contribution in [0.15, 0.2) is 17.5 Å². The van der Waals surface area contributed by atoms with Gasteiger partial charge in [-0.1, -0.05) is 6.07 Å². The quantitative estimate of drug-likeness (QED) is 0.520. The molecule has 0 unspecified atom stereocenters. The van der Waals surface area contributed by atoms with Crippen LogP contribution in [0.4, 0.5) is 0 Å². The number of hydrogen-bond acceptors (Lipinski definition) is 6. The van der Waals surface area contributed by atoms with Gasteiger partial charge in [0.05, 0.1) is 24.7 Å². The van der Waals surface area contributed by atoms with Crippen LogP contribution in [0.1, 0.15) is 38.6 Å². The zero-order valence-electron chi connectivity index (χ0n) is 14.3. The zero-order valence-corrected chi connectivity index (χ0v) is 15.9. The fourth-order valence-corrected chi connectivity index (χ4v) is 4.07. The molecule has 2 fully saturated rings. The summed E-state index contributed by atoms with van der Waals surface area (Å²) in [6.07, 6.45) is 4.56. The molecular formula is C17H22N4O2S2. The second-order valence-corrected chi connectivity index (χ2v) is 7.92. The lowest BCUT2D eigenvalue weighted by Crippen LogP contribution is -2.35. The van der Waals surface area contributed by atoms with Crippen LogP contribution in [0.25, 0.3) is 10.7 Å². The first kappa shape index (κ1) is 16.9. The Morgan fingerprint density at radius 3 is 2.84 bits per heavy atom. The molecule has 2 aliphatic carbocycles. The molecule has 25 heavy (non-hydrogen) atoms. The van der Waals surface area contributed by atoms with Gasteiger partial charge in [0.15, 0.2) is 10.6 Å². The molecule has 0 spiro atoms. The number of esters is 1. The number of hydrogen-bond donors (Lipinski definition) is 0. The van der Waals surface area contributed by atoms with Crippen molar-refractivity contribution in [2.45, 2.75) is 51.4 Å². The summed E-state index contributed by atoms with van der Waals surface area (Å²) in [7, 11) is 0. The first-order chi connectivity index (χ1) is 12.2. The van der Waals surface area contributed by atoms with Gasteiger partial charge in [-0.25, -0.2) is 4.68 Å². The van der Waals surface area contributed by atoms with Crippen LogP contribution in [-0.2, 0) is 16.2 Å². The summed E-state index contributed by atoms with van der Waals surface area (Å²) in [5.41, 5.74) is 0. The second-order valence-electron chi connectivity index (χ2n) is 6.61. The smallest absolute Gasteiger partial charge is 0.320 e. The first-order valence-electron chi connectivity index (χ1n) is 8.80. The van der Waals surface area contributed by atoms with Gasteiger partial charge >= 0.3 is 5.97 Å². The van der Waals surface area contributed by atoms with Gasteiger partial charge in [0.25, 0.3) is 0 Å². The number of thiophene rings is 1. The van der Waals surface area contributed by atoms with Crippen LogP contribution in [-0.4, -0.2) is 44.4 Å². The van der Waals surface area contributed by atoms with E-state index < -0.39 is 0 Å². The van der Waals surface area contributed by atoms with Crippen molar-refractivity contribution in [2.24, 2.45) is 0 Å². The van der Waals surface area contributed by atoms with E-state index in [1.165, 1.54) is 0 Å². The summed E-state index contributed by atoms with van der Waals surface area (Å²) in [5, 5.41) is 6.87. The summed E-state index contributed by atoms with van der Waals surface area (Å²) in [6.45, 7) is 3.08. The van der Waals surface area contributed by atoms with E-state index in [0.29, 0.717) is 31.9 Å². The predicted molar refractivity (Wildman–Crippen MR) is 99.0 cm³/mol. The lowest BCUT2D eigenvalue weighted by atomic mass is 10.4. The average molecular weight is 379 g/mol. The highest BCUT2D eigenvalue weighted by Crippen LogP contribution is 2.39. The number of nitrogens with zero attached hydrogens (tertiary/aromatic N) is 4. The van der Waals surface area contributed by atoms with Crippen LogP contribution >= 0.6 is 23.6 Å². The number of carbonyl (C=O) groups is 1. The maximum Gasteiger partial charge on any atom is 0.320 e. The number of aromatic nitrogens is 3. The molecule has 0 aromatic carbocycles. The Hall–Kier alpha value is -1.51. The van der Waals surface area contributed by atoms with Gasteiger partial charge in [0, 0.05) is 12.1 Å². The fraction of sp³-hybridized carbons (Fsp3) is 0.588. The lowest BCUT2D eigenvalue weighted by molar-refractivity contribution is -0.145. The summed E-state index contributed by atoms with van der Waals surface area (Å²) >= 11 is 7.40. The first-order valence-corrected chi connectivity index (χ1v) is 10.1. The summed E-state index contributed by atoms with van der Waals surface area (Å²) < 4.78 is 9.93. The number of rotatable bonds is 8. The molecule has 2 aromatic rings. The van der Waals surface area contributed by atoms with Gasteiger partial charge in [-0.15, -0.1) is 16.4 Å². The third-order valence-corrected chi connectivity index (χ3v) is 5.81. The van der Waals surface area contributed by atoms with E-state index in [2.05, 4.69) is 20.9 Å². The lowest BCUT2D eigenvalue weighted by Gasteiger charge is -2.20. The van der Waals surface area contributed by atoms with Gasteiger partial charge < -0.3 is 4.74 Å². The monoisotopic (exact) mass is 378 g/mol. The van der Waals surface area contributed by atoms with Crippen molar-refractivity contribution < 1.29 is 9.53 Å². The van der Waals surface area contributed by atoms with Crippen molar-refractivity contribution in [1.29, 1.82) is 0 Å². The molecule has 0 saturated heterocycles. The van der Waals surface area contributed by atoms with Crippen molar-refractivity contribution in [3.63, 3.8) is 0 Å². The molecule has 134 valence electrons. The van der Waals surface area contributed by atoms with Crippen LogP contribution in [0.3, 0.4) is 0 Å². The van der Waals surface area contributed by atoms with Crippen LogP contribution < -0.4 is 0 Å². The van der Waals surface area contributed by atoms with Crippen molar-refractivity contribution in [1.82, 2.24) is 19.2 Å². The third kappa shape index (κ3) is 3.70. The van der Waals surface area contributed by atoms with Gasteiger partial charge in [0.2, 0.25) is 0 Å². The van der Waals surface area contributed by atoms with Crippen molar-refractivity contribution in [3.8, 4) is 10.7 Å². The Balaban J connectivity index is 1.60. The molecule has 0 amide bonds. The molecule has 2 aromatic heterocycles. The molecule has 0 atom stereocenters. The standard InChI is InChI=1S/C17H22N4O2S2/c1-2-23-15(22)10-19(12-5-6-12)11-20-17(24)21(13-7-8-13)16(18-20)14-4-3-9-25-14/h3-4,9,12-13H,2,5-8,10-11H2,1H3. The highest BCUT2D eigenvalue weighted by Gasteiger charge is 2.33. The molecule has 8 heteroatoms. The SMILES string of the molecule is CCOC(=O)CN(Cn1nc(-c2cccs2)n(C2CC2)c1=S)C1CC1. The van der Waals surface area contributed by atoms with E-state index in [4.69, 9.17) is 22.1 Å². The minimum absolute atomic E-state index is 0.180.